The van der Waals surface area contributed by atoms with Crippen LogP contribution in [0, 0.1) is 29.6 Å². The van der Waals surface area contributed by atoms with E-state index in [1.807, 2.05) is 39.8 Å². The number of ketones is 1. The van der Waals surface area contributed by atoms with Gasteiger partial charge in [0.1, 0.15) is 18.3 Å². The summed E-state index contributed by atoms with van der Waals surface area (Å²) in [5, 5.41) is 33.3. The Labute approximate surface area is 285 Å². The van der Waals surface area contributed by atoms with Crippen LogP contribution in [0.4, 0.5) is 0 Å². The number of Topliss-reactive ketones (excluding diaryl/α,β-unsaturated/α-hetero) is 1. The van der Waals surface area contributed by atoms with E-state index < -0.39 is 96.7 Å². The Morgan fingerprint density at radius 3 is 2.02 bits per heavy atom. The minimum absolute atomic E-state index is 0.198. The molecule has 0 unspecified atom stereocenters. The molecule has 0 aromatic carbocycles. The summed E-state index contributed by atoms with van der Waals surface area (Å²) >= 11 is 0. The zero-order valence-electron chi connectivity index (χ0n) is 30.6. The molecule has 18 atom stereocenters. The van der Waals surface area contributed by atoms with Crippen LogP contribution in [-0.2, 0) is 42.7 Å². The fraction of sp³-hybridized carbons (Fsp3) is 0.943. The third-order valence-corrected chi connectivity index (χ3v) is 11.4. The third kappa shape index (κ3) is 8.43. The van der Waals surface area contributed by atoms with Gasteiger partial charge in [-0.2, -0.15) is 0 Å². The summed E-state index contributed by atoms with van der Waals surface area (Å²) in [7, 11) is 5.32. The molecule has 4 heterocycles. The van der Waals surface area contributed by atoms with Crippen molar-refractivity contribution in [2.24, 2.45) is 29.6 Å². The lowest BCUT2D eigenvalue weighted by Gasteiger charge is -2.46. The number of nitrogens with zero attached hydrogens (tertiary/aromatic N) is 1. The fourth-order valence-corrected chi connectivity index (χ4v) is 7.89. The molecule has 0 aliphatic carbocycles. The van der Waals surface area contributed by atoms with Gasteiger partial charge in [0.25, 0.3) is 0 Å². The Balaban J connectivity index is 1.75. The number of rotatable bonds is 6. The van der Waals surface area contributed by atoms with Crippen LogP contribution in [0.3, 0.4) is 0 Å². The number of carbonyl (C=O) groups excluding carboxylic acids is 2. The van der Waals surface area contributed by atoms with Crippen LogP contribution in [0.25, 0.3) is 0 Å². The molecule has 3 N–H and O–H groups in total. The zero-order valence-corrected chi connectivity index (χ0v) is 30.6. The van der Waals surface area contributed by atoms with Crippen molar-refractivity contribution in [2.75, 3.05) is 27.8 Å². The fourth-order valence-electron chi connectivity index (χ4n) is 7.89. The van der Waals surface area contributed by atoms with E-state index in [1.165, 1.54) is 7.11 Å². The summed E-state index contributed by atoms with van der Waals surface area (Å²) in [6.45, 7) is 14.6. The largest absolute Gasteiger partial charge is 0.462 e. The van der Waals surface area contributed by atoms with E-state index >= 15 is 0 Å². The molecule has 278 valence electrons. The summed E-state index contributed by atoms with van der Waals surface area (Å²) in [4.78, 5) is 29.7. The SMILES string of the molecule is CO[C@H]1C[C@H](O[C@H]2[C@H](C)[C@@H](O[C@@H]3O[C@H](C)C[C@H](N(C)C)[C@H]3O)[C@H](C)C[C@@]3(CO3)C(=O)[C@H](C)[C@@H](O)[C@@H](C)[C@@H](C)OC(=O)[C@@H]2C)O[C@@H](C)[C@@H]1O. The van der Waals surface area contributed by atoms with Crippen molar-refractivity contribution in [1.29, 1.82) is 0 Å². The third-order valence-electron chi connectivity index (χ3n) is 11.4. The van der Waals surface area contributed by atoms with E-state index in [4.69, 9.17) is 33.2 Å². The second-order valence-electron chi connectivity index (χ2n) is 15.3. The monoisotopic (exact) mass is 687 g/mol. The van der Waals surface area contributed by atoms with Crippen molar-refractivity contribution >= 4 is 11.8 Å². The quantitative estimate of drug-likeness (QED) is 0.274. The van der Waals surface area contributed by atoms with Crippen molar-refractivity contribution in [3.8, 4) is 0 Å². The van der Waals surface area contributed by atoms with Crippen molar-refractivity contribution in [2.45, 2.75) is 154 Å². The highest BCUT2D eigenvalue weighted by Gasteiger charge is 2.57. The standard InChI is InChI=1S/C35H61NO12/c1-16-14-35(15-43-35)32(40)19(4)27(37)18(3)22(7)46-33(41)21(6)31(47-26-13-25(42-11)28(38)23(8)45-26)20(5)30(16)48-34-29(39)24(36(9)10)12-17(2)44-34/h16-31,34,37-39H,12-15H2,1-11H3/t16-,17-,18+,19-,20-,21-,22-,23+,24+,25+,26+,27+,28+,29-,30+,31+,34+,35-/m1/s1. The molecule has 0 aromatic heterocycles. The number of aliphatic hydroxyl groups is 3. The molecule has 0 saturated carbocycles. The maximum Gasteiger partial charge on any atom is 0.311 e. The predicted octanol–water partition coefficient (Wildman–Crippen LogP) is 1.91. The number of carbonyl (C=O) groups is 2. The molecule has 4 rings (SSSR count). The number of likely N-dealkylation sites (N-methyl/N-ethyl adjacent to an activating group) is 1. The molecular weight excluding hydrogens is 626 g/mol. The second-order valence-corrected chi connectivity index (χ2v) is 15.3. The van der Waals surface area contributed by atoms with Gasteiger partial charge in [-0.3, -0.25) is 9.59 Å². The Morgan fingerprint density at radius 1 is 0.792 bits per heavy atom. The Morgan fingerprint density at radius 2 is 1.44 bits per heavy atom. The molecule has 0 bridgehead atoms. The highest BCUT2D eigenvalue weighted by atomic mass is 16.7. The zero-order chi connectivity index (χ0) is 35.8. The summed E-state index contributed by atoms with van der Waals surface area (Å²) < 4.78 is 43.0. The first kappa shape index (κ1) is 39.5. The first-order valence-electron chi connectivity index (χ1n) is 17.7. The molecule has 4 aliphatic heterocycles. The highest BCUT2D eigenvalue weighted by Crippen LogP contribution is 2.43. The number of esters is 1. The summed E-state index contributed by atoms with van der Waals surface area (Å²) in [6.07, 6.45) is -7.15. The number of aliphatic hydroxyl groups excluding tert-OH is 3. The van der Waals surface area contributed by atoms with Crippen LogP contribution in [0.15, 0.2) is 0 Å². The number of cyclic esters (lactones) is 1. The first-order valence-corrected chi connectivity index (χ1v) is 17.7. The molecule has 13 heteroatoms. The molecule has 1 spiro atoms. The van der Waals surface area contributed by atoms with Crippen LogP contribution in [0.2, 0.25) is 0 Å². The minimum Gasteiger partial charge on any atom is -0.462 e. The second kappa shape index (κ2) is 16.0. The van der Waals surface area contributed by atoms with Gasteiger partial charge in [0.2, 0.25) is 0 Å². The molecule has 48 heavy (non-hydrogen) atoms. The number of hydrogen-bond acceptors (Lipinski definition) is 13. The molecule has 4 aliphatic rings. The van der Waals surface area contributed by atoms with E-state index in [9.17, 15) is 24.9 Å². The molecular formula is C35H61NO12. The van der Waals surface area contributed by atoms with Crippen molar-refractivity contribution in [3.05, 3.63) is 0 Å². The van der Waals surface area contributed by atoms with Gasteiger partial charge < -0.3 is 53.4 Å². The van der Waals surface area contributed by atoms with Gasteiger partial charge in [-0.1, -0.05) is 27.7 Å². The van der Waals surface area contributed by atoms with Gasteiger partial charge >= 0.3 is 5.97 Å². The van der Waals surface area contributed by atoms with Crippen LogP contribution >= 0.6 is 0 Å². The smallest absolute Gasteiger partial charge is 0.311 e. The first-order chi connectivity index (χ1) is 22.4. The number of hydrogen-bond donors (Lipinski definition) is 3. The maximum atomic E-state index is 13.9. The van der Waals surface area contributed by atoms with Gasteiger partial charge in [0.05, 0.1) is 49.1 Å². The Bertz CT molecular complexity index is 1090. The molecule has 0 radical (unpaired) electrons. The van der Waals surface area contributed by atoms with Gasteiger partial charge in [-0.25, -0.2) is 0 Å². The number of methoxy groups -OCH3 is 1. The van der Waals surface area contributed by atoms with E-state index in [0.29, 0.717) is 6.42 Å². The average Bonchev–Trinajstić information content (AvgIpc) is 3.82. The molecule has 0 amide bonds. The van der Waals surface area contributed by atoms with Crippen LogP contribution in [-0.4, -0.2) is 139 Å². The van der Waals surface area contributed by atoms with Crippen LogP contribution < -0.4 is 0 Å². The molecule has 0 aromatic rings. The number of ether oxygens (including phenoxy) is 7. The lowest BCUT2D eigenvalue weighted by Crippen LogP contribution is -2.57. The average molecular weight is 688 g/mol. The highest BCUT2D eigenvalue weighted by molar-refractivity contribution is 5.92. The Hall–Kier alpha value is -1.26. The van der Waals surface area contributed by atoms with Gasteiger partial charge in [0.15, 0.2) is 24.0 Å². The molecule has 13 nitrogen and oxygen atoms in total. The van der Waals surface area contributed by atoms with Gasteiger partial charge in [-0.15, -0.1) is 0 Å². The van der Waals surface area contributed by atoms with Crippen molar-refractivity contribution in [3.63, 3.8) is 0 Å². The number of epoxide rings is 1. The minimum atomic E-state index is -1.10. The normalized spacial score (nSPS) is 49.9. The summed E-state index contributed by atoms with van der Waals surface area (Å²) in [5.41, 5.74) is -1.10. The van der Waals surface area contributed by atoms with Gasteiger partial charge in [-0.05, 0) is 60.5 Å². The van der Waals surface area contributed by atoms with Crippen molar-refractivity contribution in [1.82, 2.24) is 4.90 Å². The summed E-state index contributed by atoms with van der Waals surface area (Å²) in [6, 6.07) is -0.219. The van der Waals surface area contributed by atoms with Crippen LogP contribution in [0.5, 0.6) is 0 Å². The Kier molecular flexibility index (Phi) is 13.1. The summed E-state index contributed by atoms with van der Waals surface area (Å²) in [5.74, 6) is -3.74. The topological polar surface area (TPSA) is 166 Å². The maximum absolute atomic E-state index is 13.9. The van der Waals surface area contributed by atoms with Gasteiger partial charge in [0, 0.05) is 37.3 Å². The van der Waals surface area contributed by atoms with E-state index in [1.54, 1.807) is 34.6 Å². The van der Waals surface area contributed by atoms with E-state index in [2.05, 4.69) is 0 Å². The van der Waals surface area contributed by atoms with Crippen LogP contribution in [0.1, 0.15) is 74.7 Å². The van der Waals surface area contributed by atoms with Crippen molar-refractivity contribution < 1.29 is 58.1 Å². The lowest BCUT2D eigenvalue weighted by atomic mass is 9.76. The van der Waals surface area contributed by atoms with E-state index in [0.717, 1.165) is 0 Å². The predicted molar refractivity (Wildman–Crippen MR) is 174 cm³/mol. The molecule has 4 saturated heterocycles. The van der Waals surface area contributed by atoms with E-state index in [-0.39, 0.29) is 43.3 Å². The lowest BCUT2D eigenvalue weighted by molar-refractivity contribution is -0.299. The molecule has 4 fully saturated rings.